The second kappa shape index (κ2) is 6.65. The minimum Gasteiger partial charge on any atom is -0.496 e. The van der Waals surface area contributed by atoms with Gasteiger partial charge >= 0.3 is 0 Å². The Kier molecular flexibility index (Phi) is 5.49. The highest BCUT2D eigenvalue weighted by Gasteiger charge is 2.09. The van der Waals surface area contributed by atoms with E-state index in [0.29, 0.717) is 12.0 Å². The fraction of sp³-hybridized carbons (Fsp3) is 0.600. The van der Waals surface area contributed by atoms with E-state index in [1.165, 1.54) is 11.1 Å². The van der Waals surface area contributed by atoms with Crippen LogP contribution < -0.4 is 10.5 Å². The van der Waals surface area contributed by atoms with Crippen LogP contribution in [0.3, 0.4) is 0 Å². The molecule has 2 nitrogen and oxygen atoms in total. The van der Waals surface area contributed by atoms with E-state index >= 15 is 0 Å². The number of nitrogens with two attached hydrogens (primary N) is 1. The van der Waals surface area contributed by atoms with Gasteiger partial charge in [-0.2, -0.15) is 0 Å². The molecule has 96 valence electrons. The summed E-state index contributed by atoms with van der Waals surface area (Å²) in [5, 5.41) is 0. The van der Waals surface area contributed by atoms with Gasteiger partial charge in [0, 0.05) is 6.04 Å². The molecular weight excluding hydrogens is 210 g/mol. The second-order valence-electron chi connectivity index (χ2n) is 5.06. The van der Waals surface area contributed by atoms with Crippen LogP contribution in [0, 0.1) is 12.8 Å². The van der Waals surface area contributed by atoms with Crippen molar-refractivity contribution < 1.29 is 4.74 Å². The maximum Gasteiger partial charge on any atom is 0.122 e. The van der Waals surface area contributed by atoms with Crippen LogP contribution in [0.1, 0.15) is 37.8 Å². The average molecular weight is 235 g/mol. The van der Waals surface area contributed by atoms with E-state index < -0.39 is 0 Å². The first-order chi connectivity index (χ1) is 8.06. The number of benzene rings is 1. The maximum atomic E-state index is 6.06. The Morgan fingerprint density at radius 3 is 2.59 bits per heavy atom. The van der Waals surface area contributed by atoms with Crippen molar-refractivity contribution in [1.29, 1.82) is 0 Å². The predicted molar refractivity (Wildman–Crippen MR) is 73.5 cm³/mol. The number of aryl methyl sites for hydroxylation is 1. The van der Waals surface area contributed by atoms with Crippen molar-refractivity contribution in [2.75, 3.05) is 7.11 Å². The largest absolute Gasteiger partial charge is 0.496 e. The fourth-order valence-electron chi connectivity index (χ4n) is 2.03. The first-order valence-corrected chi connectivity index (χ1v) is 6.44. The van der Waals surface area contributed by atoms with Crippen molar-refractivity contribution in [3.05, 3.63) is 29.3 Å². The van der Waals surface area contributed by atoms with Gasteiger partial charge < -0.3 is 10.5 Å². The SMILES string of the molecule is COc1cccc(C)c1CCCC(N)C(C)C. The topological polar surface area (TPSA) is 35.2 Å². The summed E-state index contributed by atoms with van der Waals surface area (Å²) in [5.41, 5.74) is 8.69. The molecule has 1 rings (SSSR count). The van der Waals surface area contributed by atoms with Gasteiger partial charge in [-0.3, -0.25) is 0 Å². The molecule has 1 unspecified atom stereocenters. The molecule has 0 aliphatic carbocycles. The third kappa shape index (κ3) is 4.04. The molecule has 17 heavy (non-hydrogen) atoms. The van der Waals surface area contributed by atoms with E-state index in [4.69, 9.17) is 10.5 Å². The zero-order chi connectivity index (χ0) is 12.8. The summed E-state index contributed by atoms with van der Waals surface area (Å²) in [5.74, 6) is 1.57. The van der Waals surface area contributed by atoms with Crippen molar-refractivity contribution in [3.8, 4) is 5.75 Å². The van der Waals surface area contributed by atoms with Gasteiger partial charge in [0.2, 0.25) is 0 Å². The summed E-state index contributed by atoms with van der Waals surface area (Å²) >= 11 is 0. The molecule has 1 atom stereocenters. The minimum atomic E-state index is 0.310. The summed E-state index contributed by atoms with van der Waals surface area (Å²) in [7, 11) is 1.73. The highest BCUT2D eigenvalue weighted by molar-refractivity contribution is 5.39. The molecule has 1 aromatic rings. The summed E-state index contributed by atoms with van der Waals surface area (Å²) in [6.45, 7) is 6.50. The summed E-state index contributed by atoms with van der Waals surface area (Å²) in [6.07, 6.45) is 3.26. The van der Waals surface area contributed by atoms with Crippen LogP contribution >= 0.6 is 0 Å². The summed E-state index contributed by atoms with van der Waals surface area (Å²) in [6, 6.07) is 6.52. The van der Waals surface area contributed by atoms with Gasteiger partial charge in [0.1, 0.15) is 5.75 Å². The van der Waals surface area contributed by atoms with Crippen LogP contribution in [0.15, 0.2) is 18.2 Å². The molecule has 2 N–H and O–H groups in total. The number of hydrogen-bond acceptors (Lipinski definition) is 2. The monoisotopic (exact) mass is 235 g/mol. The quantitative estimate of drug-likeness (QED) is 0.821. The van der Waals surface area contributed by atoms with Gasteiger partial charge in [0.15, 0.2) is 0 Å². The number of hydrogen-bond donors (Lipinski definition) is 1. The fourth-order valence-corrected chi connectivity index (χ4v) is 2.03. The molecule has 0 saturated carbocycles. The van der Waals surface area contributed by atoms with Crippen molar-refractivity contribution in [2.24, 2.45) is 11.7 Å². The van der Waals surface area contributed by atoms with Crippen LogP contribution in [0.5, 0.6) is 5.75 Å². The molecule has 0 aliphatic heterocycles. The second-order valence-corrected chi connectivity index (χ2v) is 5.06. The van der Waals surface area contributed by atoms with Gasteiger partial charge in [-0.1, -0.05) is 26.0 Å². The standard InChI is InChI=1S/C15H25NO/c1-11(2)14(16)9-6-8-13-12(3)7-5-10-15(13)17-4/h5,7,10-11,14H,6,8-9,16H2,1-4H3. The molecule has 1 aromatic carbocycles. The van der Waals surface area contributed by atoms with E-state index in [-0.39, 0.29) is 0 Å². The Labute approximate surface area is 105 Å². The van der Waals surface area contributed by atoms with Gasteiger partial charge in [-0.05, 0) is 49.3 Å². The van der Waals surface area contributed by atoms with Crippen LogP contribution in [0.2, 0.25) is 0 Å². The normalized spacial score (nSPS) is 12.8. The van der Waals surface area contributed by atoms with Crippen LogP contribution in [-0.2, 0) is 6.42 Å². The number of ether oxygens (including phenoxy) is 1. The highest BCUT2D eigenvalue weighted by Crippen LogP contribution is 2.24. The summed E-state index contributed by atoms with van der Waals surface area (Å²) < 4.78 is 5.40. The third-order valence-corrected chi connectivity index (χ3v) is 3.41. The number of methoxy groups -OCH3 is 1. The van der Waals surface area contributed by atoms with Crippen LogP contribution in [0.25, 0.3) is 0 Å². The van der Waals surface area contributed by atoms with Crippen molar-refractivity contribution in [2.45, 2.75) is 46.1 Å². The van der Waals surface area contributed by atoms with E-state index in [1.807, 2.05) is 12.1 Å². The Morgan fingerprint density at radius 1 is 1.29 bits per heavy atom. The van der Waals surface area contributed by atoms with E-state index in [2.05, 4.69) is 26.8 Å². The molecule has 0 radical (unpaired) electrons. The van der Waals surface area contributed by atoms with Gasteiger partial charge in [-0.25, -0.2) is 0 Å². The Bertz CT molecular complexity index is 347. The molecule has 2 heteroatoms. The molecule has 0 aliphatic rings. The van der Waals surface area contributed by atoms with Crippen molar-refractivity contribution >= 4 is 0 Å². The lowest BCUT2D eigenvalue weighted by molar-refractivity contribution is 0.405. The molecule has 0 heterocycles. The third-order valence-electron chi connectivity index (χ3n) is 3.41. The molecule has 0 aromatic heterocycles. The smallest absolute Gasteiger partial charge is 0.122 e. The zero-order valence-electron chi connectivity index (χ0n) is 11.5. The minimum absolute atomic E-state index is 0.310. The number of rotatable bonds is 6. The van der Waals surface area contributed by atoms with E-state index in [0.717, 1.165) is 25.0 Å². The first-order valence-electron chi connectivity index (χ1n) is 6.44. The molecule has 0 amide bonds. The lowest BCUT2D eigenvalue weighted by Crippen LogP contribution is -2.26. The van der Waals surface area contributed by atoms with E-state index in [1.54, 1.807) is 7.11 Å². The maximum absolute atomic E-state index is 6.06. The molecule has 0 fully saturated rings. The van der Waals surface area contributed by atoms with Gasteiger partial charge in [0.05, 0.1) is 7.11 Å². The predicted octanol–water partition coefficient (Wildman–Crippen LogP) is 3.31. The van der Waals surface area contributed by atoms with E-state index in [9.17, 15) is 0 Å². The molecule has 0 bridgehead atoms. The molecular formula is C15H25NO. The first kappa shape index (κ1) is 14.0. The lowest BCUT2D eigenvalue weighted by Gasteiger charge is -2.16. The Balaban J connectivity index is 2.57. The van der Waals surface area contributed by atoms with Crippen LogP contribution in [0.4, 0.5) is 0 Å². The Hall–Kier alpha value is -1.02. The Morgan fingerprint density at radius 2 is 2.00 bits per heavy atom. The zero-order valence-corrected chi connectivity index (χ0v) is 11.5. The van der Waals surface area contributed by atoms with Crippen LogP contribution in [-0.4, -0.2) is 13.2 Å². The van der Waals surface area contributed by atoms with Crippen molar-refractivity contribution in [1.82, 2.24) is 0 Å². The lowest BCUT2D eigenvalue weighted by atomic mass is 9.96. The van der Waals surface area contributed by atoms with Crippen molar-refractivity contribution in [3.63, 3.8) is 0 Å². The summed E-state index contributed by atoms with van der Waals surface area (Å²) in [4.78, 5) is 0. The molecule has 0 spiro atoms. The van der Waals surface area contributed by atoms with Gasteiger partial charge in [-0.15, -0.1) is 0 Å². The molecule has 0 saturated heterocycles. The average Bonchev–Trinajstić information content (AvgIpc) is 2.30. The van der Waals surface area contributed by atoms with Gasteiger partial charge in [0.25, 0.3) is 0 Å². The highest BCUT2D eigenvalue weighted by atomic mass is 16.5.